The second-order valence-electron chi connectivity index (χ2n) is 2.77. The number of rotatable bonds is 5. The first-order chi connectivity index (χ1) is 6.34. The van der Waals surface area contributed by atoms with Crippen molar-refractivity contribution in [2.75, 3.05) is 45.3 Å². The first kappa shape index (κ1) is 10.8. The Balaban J connectivity index is 2.08. The Hall–Kier alpha value is -0.260. The van der Waals surface area contributed by atoms with Crippen molar-refractivity contribution in [1.29, 1.82) is 0 Å². The molecule has 1 aliphatic rings. The maximum absolute atomic E-state index is 11.2. The van der Waals surface area contributed by atoms with Crippen molar-refractivity contribution < 1.29 is 14.3 Å². The van der Waals surface area contributed by atoms with Crippen LogP contribution >= 0.6 is 12.6 Å². The van der Waals surface area contributed by atoms with E-state index >= 15 is 0 Å². The average molecular weight is 205 g/mol. The van der Waals surface area contributed by atoms with E-state index in [0.717, 1.165) is 5.75 Å². The first-order valence-electron chi connectivity index (χ1n) is 4.38. The third kappa shape index (κ3) is 3.97. The van der Waals surface area contributed by atoms with Gasteiger partial charge in [0, 0.05) is 18.8 Å². The zero-order valence-electron chi connectivity index (χ0n) is 7.57. The van der Waals surface area contributed by atoms with Crippen LogP contribution in [0.5, 0.6) is 0 Å². The molecule has 0 unspecified atom stereocenters. The molecule has 0 N–H and O–H groups in total. The zero-order chi connectivity index (χ0) is 9.52. The van der Waals surface area contributed by atoms with Gasteiger partial charge in [0.25, 0.3) is 0 Å². The van der Waals surface area contributed by atoms with Crippen LogP contribution in [0.3, 0.4) is 0 Å². The topological polar surface area (TPSA) is 38.8 Å². The number of morpholine rings is 1. The standard InChI is InChI=1S/C8H15NO3S/c10-8-7-12-4-2-9(8)1-3-11-5-6-13/h13H,1-7H2. The second kappa shape index (κ2) is 6.23. The highest BCUT2D eigenvalue weighted by Gasteiger charge is 2.17. The molecule has 0 aliphatic carbocycles. The summed E-state index contributed by atoms with van der Waals surface area (Å²) < 4.78 is 10.2. The number of thiol groups is 1. The van der Waals surface area contributed by atoms with Crippen LogP contribution in [0.25, 0.3) is 0 Å². The van der Waals surface area contributed by atoms with Gasteiger partial charge >= 0.3 is 0 Å². The third-order valence-corrected chi connectivity index (χ3v) is 2.01. The van der Waals surface area contributed by atoms with Crippen LogP contribution in [0.15, 0.2) is 0 Å². The van der Waals surface area contributed by atoms with Crippen LogP contribution in [0.2, 0.25) is 0 Å². The van der Waals surface area contributed by atoms with Gasteiger partial charge < -0.3 is 14.4 Å². The maximum Gasteiger partial charge on any atom is 0.248 e. The van der Waals surface area contributed by atoms with Crippen LogP contribution in [0.4, 0.5) is 0 Å². The van der Waals surface area contributed by atoms with Gasteiger partial charge in [0.1, 0.15) is 6.61 Å². The molecule has 4 nitrogen and oxygen atoms in total. The van der Waals surface area contributed by atoms with Gasteiger partial charge in [-0.1, -0.05) is 0 Å². The van der Waals surface area contributed by atoms with E-state index in [0.29, 0.717) is 32.9 Å². The number of nitrogens with zero attached hydrogens (tertiary/aromatic N) is 1. The molecule has 0 aromatic heterocycles. The molecule has 0 spiro atoms. The number of carbonyl (C=O) groups excluding carboxylic acids is 1. The predicted molar refractivity (Wildman–Crippen MR) is 52.1 cm³/mol. The SMILES string of the molecule is O=C1COCCN1CCOCCS. The normalized spacial score (nSPS) is 17.9. The minimum absolute atomic E-state index is 0.0562. The fourth-order valence-corrected chi connectivity index (χ4v) is 1.26. The molecular weight excluding hydrogens is 190 g/mol. The van der Waals surface area contributed by atoms with Crippen molar-refractivity contribution in [2.45, 2.75) is 0 Å². The van der Waals surface area contributed by atoms with E-state index in [1.807, 2.05) is 0 Å². The first-order valence-corrected chi connectivity index (χ1v) is 5.02. The van der Waals surface area contributed by atoms with E-state index in [1.165, 1.54) is 0 Å². The fourth-order valence-electron chi connectivity index (χ4n) is 1.13. The maximum atomic E-state index is 11.2. The predicted octanol–water partition coefficient (Wildman–Crippen LogP) is -0.208. The molecule has 1 fully saturated rings. The minimum Gasteiger partial charge on any atom is -0.379 e. The molecule has 0 radical (unpaired) electrons. The summed E-state index contributed by atoms with van der Waals surface area (Å²) in [6, 6.07) is 0. The molecule has 1 saturated heterocycles. The summed E-state index contributed by atoms with van der Waals surface area (Å²) in [4.78, 5) is 13.0. The van der Waals surface area contributed by atoms with Crippen LogP contribution in [-0.4, -0.2) is 56.1 Å². The van der Waals surface area contributed by atoms with Crippen molar-refractivity contribution in [3.63, 3.8) is 0 Å². The Kier molecular flexibility index (Phi) is 5.19. The van der Waals surface area contributed by atoms with E-state index in [2.05, 4.69) is 12.6 Å². The van der Waals surface area contributed by atoms with E-state index in [1.54, 1.807) is 4.90 Å². The van der Waals surface area contributed by atoms with Crippen molar-refractivity contribution in [3.8, 4) is 0 Å². The highest BCUT2D eigenvalue weighted by Crippen LogP contribution is 1.97. The lowest BCUT2D eigenvalue weighted by atomic mass is 10.4. The summed E-state index contributed by atoms with van der Waals surface area (Å²) in [7, 11) is 0. The highest BCUT2D eigenvalue weighted by molar-refractivity contribution is 7.80. The van der Waals surface area contributed by atoms with Gasteiger partial charge in [-0.15, -0.1) is 0 Å². The second-order valence-corrected chi connectivity index (χ2v) is 3.22. The van der Waals surface area contributed by atoms with Gasteiger partial charge in [-0.25, -0.2) is 0 Å². The fraction of sp³-hybridized carbons (Fsp3) is 0.875. The molecule has 13 heavy (non-hydrogen) atoms. The van der Waals surface area contributed by atoms with E-state index < -0.39 is 0 Å². The number of ether oxygens (including phenoxy) is 2. The summed E-state index contributed by atoms with van der Waals surface area (Å²) >= 11 is 4.01. The number of carbonyl (C=O) groups is 1. The van der Waals surface area contributed by atoms with Crippen LogP contribution in [-0.2, 0) is 14.3 Å². The highest BCUT2D eigenvalue weighted by atomic mass is 32.1. The molecule has 0 aromatic carbocycles. The Labute approximate surface area is 83.6 Å². The zero-order valence-corrected chi connectivity index (χ0v) is 8.46. The van der Waals surface area contributed by atoms with Crippen molar-refractivity contribution in [1.82, 2.24) is 4.90 Å². The Morgan fingerprint density at radius 2 is 2.38 bits per heavy atom. The number of amides is 1. The van der Waals surface area contributed by atoms with Gasteiger partial charge in [0.15, 0.2) is 0 Å². The number of hydrogen-bond donors (Lipinski definition) is 1. The van der Waals surface area contributed by atoms with Gasteiger partial charge in [-0.05, 0) is 0 Å². The third-order valence-electron chi connectivity index (χ3n) is 1.82. The summed E-state index contributed by atoms with van der Waals surface area (Å²) in [5, 5.41) is 0. The van der Waals surface area contributed by atoms with Crippen LogP contribution in [0, 0.1) is 0 Å². The molecule has 1 rings (SSSR count). The summed E-state index contributed by atoms with van der Waals surface area (Å²) in [6.45, 7) is 3.43. The molecular formula is C8H15NO3S. The van der Waals surface area contributed by atoms with Crippen molar-refractivity contribution in [3.05, 3.63) is 0 Å². The molecule has 0 atom stereocenters. The monoisotopic (exact) mass is 205 g/mol. The van der Waals surface area contributed by atoms with Gasteiger partial charge in [0.05, 0.1) is 19.8 Å². The van der Waals surface area contributed by atoms with E-state index in [-0.39, 0.29) is 12.5 Å². The molecule has 5 heteroatoms. The number of hydrogen-bond acceptors (Lipinski definition) is 4. The Bertz CT molecular complexity index is 165. The minimum atomic E-state index is 0.0562. The molecule has 0 bridgehead atoms. The average Bonchev–Trinajstić information content (AvgIpc) is 2.15. The Morgan fingerprint density at radius 3 is 3.08 bits per heavy atom. The van der Waals surface area contributed by atoms with Gasteiger partial charge in [0.2, 0.25) is 5.91 Å². The van der Waals surface area contributed by atoms with Gasteiger partial charge in [-0.2, -0.15) is 12.6 Å². The molecule has 0 saturated carbocycles. The smallest absolute Gasteiger partial charge is 0.248 e. The van der Waals surface area contributed by atoms with Crippen molar-refractivity contribution in [2.24, 2.45) is 0 Å². The molecule has 1 heterocycles. The lowest BCUT2D eigenvalue weighted by molar-refractivity contribution is -0.143. The van der Waals surface area contributed by atoms with E-state index in [9.17, 15) is 4.79 Å². The lowest BCUT2D eigenvalue weighted by Crippen LogP contribution is -2.43. The Morgan fingerprint density at radius 1 is 1.54 bits per heavy atom. The van der Waals surface area contributed by atoms with E-state index in [4.69, 9.17) is 9.47 Å². The van der Waals surface area contributed by atoms with Crippen molar-refractivity contribution >= 4 is 18.5 Å². The summed E-state index contributed by atoms with van der Waals surface area (Å²) in [6.07, 6.45) is 0. The largest absolute Gasteiger partial charge is 0.379 e. The molecule has 1 aliphatic heterocycles. The molecule has 0 aromatic rings. The summed E-state index contributed by atoms with van der Waals surface area (Å²) in [5.74, 6) is 0.776. The van der Waals surface area contributed by atoms with Crippen LogP contribution in [0.1, 0.15) is 0 Å². The van der Waals surface area contributed by atoms with Gasteiger partial charge in [-0.3, -0.25) is 4.79 Å². The quantitative estimate of drug-likeness (QED) is 0.498. The summed E-state index contributed by atoms with van der Waals surface area (Å²) in [5.41, 5.74) is 0. The molecule has 76 valence electrons. The molecule has 1 amide bonds. The van der Waals surface area contributed by atoms with Crippen LogP contribution < -0.4 is 0 Å². The lowest BCUT2D eigenvalue weighted by Gasteiger charge is -2.26.